The number of hydrogen-bond donors (Lipinski definition) is 2. The molecule has 0 saturated carbocycles. The molecule has 0 spiro atoms. The van der Waals surface area contributed by atoms with Crippen LogP contribution < -0.4 is 5.73 Å². The van der Waals surface area contributed by atoms with E-state index in [4.69, 9.17) is 22.7 Å². The van der Waals surface area contributed by atoms with E-state index in [0.29, 0.717) is 28.5 Å². The van der Waals surface area contributed by atoms with Crippen LogP contribution in [0.2, 0.25) is 17.7 Å². The first kappa shape index (κ1) is 20.3. The predicted octanol–water partition coefficient (Wildman–Crippen LogP) is 4.49. The van der Waals surface area contributed by atoms with E-state index in [1.54, 1.807) is 18.3 Å². The normalized spacial score (nSPS) is 13.1. The van der Waals surface area contributed by atoms with Crippen LogP contribution in [0.3, 0.4) is 0 Å². The zero-order valence-electron chi connectivity index (χ0n) is 15.8. The Hall–Kier alpha value is -2.99. The van der Waals surface area contributed by atoms with Crippen molar-refractivity contribution in [3.8, 4) is 0 Å². The molecule has 4 rings (SSSR count). The van der Waals surface area contributed by atoms with Crippen LogP contribution in [-0.4, -0.2) is 30.2 Å². The second-order valence-corrected chi connectivity index (χ2v) is 7.32. The van der Waals surface area contributed by atoms with Gasteiger partial charge < -0.3 is 5.73 Å². The van der Waals surface area contributed by atoms with Crippen LogP contribution >= 0.6 is 11.6 Å². The summed E-state index contributed by atoms with van der Waals surface area (Å²) in [6, 6.07) is 6.93. The molecule has 0 aliphatic carbocycles. The van der Waals surface area contributed by atoms with Crippen LogP contribution in [-0.2, 0) is 0 Å². The van der Waals surface area contributed by atoms with E-state index in [0.717, 1.165) is 29.6 Å². The Labute approximate surface area is 178 Å². The highest BCUT2D eigenvalue weighted by Gasteiger charge is 2.18. The molecule has 1 fully saturated rings. The van der Waals surface area contributed by atoms with Crippen molar-refractivity contribution < 1.29 is 8.78 Å². The molecule has 0 bridgehead atoms. The molecule has 2 radical (unpaired) electrons. The molecule has 0 atom stereocenters. The van der Waals surface area contributed by atoms with Crippen molar-refractivity contribution in [3.05, 3.63) is 82.0 Å². The zero-order chi connectivity index (χ0) is 21.4. The van der Waals surface area contributed by atoms with Gasteiger partial charge in [0.05, 0.1) is 27.5 Å². The first-order chi connectivity index (χ1) is 14.3. The Morgan fingerprint density at radius 1 is 1.10 bits per heavy atom. The van der Waals surface area contributed by atoms with Crippen molar-refractivity contribution in [1.29, 1.82) is 5.41 Å². The van der Waals surface area contributed by atoms with Crippen LogP contribution in [0.1, 0.15) is 16.8 Å². The lowest BCUT2D eigenvalue weighted by Gasteiger charge is -2.11. The third kappa shape index (κ3) is 3.75. The Balaban J connectivity index is 1.70. The summed E-state index contributed by atoms with van der Waals surface area (Å²) >= 11 is 5.75. The fraction of sp³-hybridized carbons (Fsp3) is 0.0952. The highest BCUT2D eigenvalue weighted by molar-refractivity contribution is 6.76. The van der Waals surface area contributed by atoms with Crippen molar-refractivity contribution in [2.75, 3.05) is 0 Å². The van der Waals surface area contributed by atoms with Crippen LogP contribution in [0.4, 0.5) is 8.78 Å². The lowest BCUT2D eigenvalue weighted by Crippen LogP contribution is -2.08. The zero-order valence-corrected chi connectivity index (χ0v) is 16.6. The van der Waals surface area contributed by atoms with E-state index >= 15 is 0 Å². The van der Waals surface area contributed by atoms with E-state index in [1.807, 2.05) is 6.07 Å². The maximum Gasteiger partial charge on any atom is 0.144 e. The maximum absolute atomic E-state index is 14.2. The molecule has 0 amide bonds. The summed E-state index contributed by atoms with van der Waals surface area (Å²) in [4.78, 5) is 8.94. The first-order valence-corrected chi connectivity index (χ1v) is 9.59. The Kier molecular flexibility index (Phi) is 5.43. The predicted molar refractivity (Wildman–Crippen MR) is 119 cm³/mol. The fourth-order valence-electron chi connectivity index (χ4n) is 3.27. The van der Waals surface area contributed by atoms with Crippen LogP contribution in [0.25, 0.3) is 22.3 Å². The summed E-state index contributed by atoms with van der Waals surface area (Å²) in [7, 11) is 4.16. The van der Waals surface area contributed by atoms with Crippen molar-refractivity contribution in [1.82, 2.24) is 9.97 Å². The van der Waals surface area contributed by atoms with Crippen molar-refractivity contribution in [3.63, 3.8) is 0 Å². The number of nitrogens with zero attached hydrogens (tertiary/aromatic N) is 2. The summed E-state index contributed by atoms with van der Waals surface area (Å²) in [6.45, 7) is 3.87. The van der Waals surface area contributed by atoms with Crippen LogP contribution in [0.15, 0.2) is 48.5 Å². The third-order valence-electron chi connectivity index (χ3n) is 4.94. The molecule has 1 aliphatic heterocycles. The highest BCUT2D eigenvalue weighted by atomic mass is 35.5. The molecule has 1 aromatic carbocycles. The summed E-state index contributed by atoms with van der Waals surface area (Å²) in [5, 5.41) is 9.02. The van der Waals surface area contributed by atoms with Gasteiger partial charge in [0.15, 0.2) is 0 Å². The van der Waals surface area contributed by atoms with Gasteiger partial charge in [0.2, 0.25) is 0 Å². The number of benzene rings is 1. The summed E-state index contributed by atoms with van der Waals surface area (Å²) in [6.07, 6.45) is 3.62. The lowest BCUT2D eigenvalue weighted by atomic mass is 9.58. The topological polar surface area (TPSA) is 75.7 Å². The molecule has 1 aliphatic rings. The third-order valence-corrected chi connectivity index (χ3v) is 5.23. The van der Waals surface area contributed by atoms with Crippen molar-refractivity contribution in [2.24, 2.45) is 5.73 Å². The standard InChI is InChI=1S/C21H15B2ClF2N4/c1-10(19(27)12-7-13(24)15(26)8-14(12)25)16-2-3-17-18(30-16)6-11(9-29-17)20(28)21-22-4-5-23-21/h2-3,6-9,27H,1,4-5,28H2. The molecular weight excluding hydrogens is 403 g/mol. The number of pyridine rings is 2. The van der Waals surface area contributed by atoms with Gasteiger partial charge in [-0.05, 0) is 24.3 Å². The van der Waals surface area contributed by atoms with E-state index in [9.17, 15) is 8.78 Å². The summed E-state index contributed by atoms with van der Waals surface area (Å²) < 4.78 is 27.6. The smallest absolute Gasteiger partial charge is 0.144 e. The average molecular weight is 418 g/mol. The highest BCUT2D eigenvalue weighted by Crippen LogP contribution is 2.26. The Morgan fingerprint density at radius 3 is 2.57 bits per heavy atom. The number of fused-ring (bicyclic) bond motifs is 1. The molecule has 146 valence electrons. The van der Waals surface area contributed by atoms with E-state index < -0.39 is 11.6 Å². The van der Waals surface area contributed by atoms with Gasteiger partial charge in [-0.25, -0.2) is 13.8 Å². The maximum atomic E-state index is 14.2. The molecule has 1 saturated heterocycles. The summed E-state index contributed by atoms with van der Waals surface area (Å²) in [5.41, 5.74) is 9.02. The van der Waals surface area contributed by atoms with E-state index in [1.165, 1.54) is 0 Å². The average Bonchev–Trinajstić information content (AvgIpc) is 3.29. The van der Waals surface area contributed by atoms with Gasteiger partial charge in [0.25, 0.3) is 0 Å². The molecular formula is C21H15B2ClF2N4. The fourth-order valence-corrected chi connectivity index (χ4v) is 3.44. The quantitative estimate of drug-likeness (QED) is 0.373. The number of hydrogen-bond acceptors (Lipinski definition) is 4. The van der Waals surface area contributed by atoms with Gasteiger partial charge in [-0.2, -0.15) is 0 Å². The second kappa shape index (κ2) is 8.03. The SMILES string of the molecule is C=C(C(=N)c1cc(Cl)c(F)cc1F)c1ccc2ncc(C(N)=C3[B]CC[B]3)cc2n1. The van der Waals surface area contributed by atoms with E-state index in [-0.39, 0.29) is 21.9 Å². The van der Waals surface area contributed by atoms with Gasteiger partial charge >= 0.3 is 0 Å². The van der Waals surface area contributed by atoms with E-state index in [2.05, 4.69) is 31.1 Å². The first-order valence-electron chi connectivity index (χ1n) is 9.21. The van der Waals surface area contributed by atoms with Crippen molar-refractivity contribution >= 4 is 54.2 Å². The van der Waals surface area contributed by atoms with Gasteiger partial charge in [-0.3, -0.25) is 10.4 Å². The van der Waals surface area contributed by atoms with Gasteiger partial charge in [0.1, 0.15) is 26.2 Å². The minimum Gasteiger partial charge on any atom is -0.400 e. The largest absolute Gasteiger partial charge is 0.400 e. The molecule has 4 nitrogen and oxygen atoms in total. The minimum absolute atomic E-state index is 0.151. The van der Waals surface area contributed by atoms with Crippen molar-refractivity contribution in [2.45, 2.75) is 12.6 Å². The number of halogens is 3. The number of nitrogens with two attached hydrogens (primary N) is 1. The van der Waals surface area contributed by atoms with Crippen LogP contribution in [0.5, 0.6) is 0 Å². The second-order valence-electron chi connectivity index (χ2n) is 6.91. The molecule has 3 heterocycles. The number of rotatable bonds is 4. The lowest BCUT2D eigenvalue weighted by molar-refractivity contribution is 0.582. The van der Waals surface area contributed by atoms with Crippen LogP contribution in [0, 0.1) is 17.0 Å². The molecule has 9 heteroatoms. The molecule has 3 N–H and O–H groups in total. The molecule has 30 heavy (non-hydrogen) atoms. The molecule has 2 aromatic heterocycles. The Morgan fingerprint density at radius 2 is 1.83 bits per heavy atom. The van der Waals surface area contributed by atoms with Gasteiger partial charge in [0, 0.05) is 34.7 Å². The number of nitrogens with one attached hydrogen (secondary N) is 1. The number of allylic oxidation sites excluding steroid dienone is 1. The van der Waals surface area contributed by atoms with Gasteiger partial charge in [-0.1, -0.05) is 30.8 Å². The molecule has 0 unspecified atom stereocenters. The summed E-state index contributed by atoms with van der Waals surface area (Å²) in [5.74, 6) is -1.78. The monoisotopic (exact) mass is 418 g/mol. The minimum atomic E-state index is -0.892. The number of aromatic nitrogens is 2. The molecule has 3 aromatic rings. The Bertz CT molecular complexity index is 1240. The van der Waals surface area contributed by atoms with Gasteiger partial charge in [-0.15, -0.1) is 5.37 Å².